The quantitative estimate of drug-likeness (QED) is 0.397. The highest BCUT2D eigenvalue weighted by Gasteiger charge is 2.33. The van der Waals surface area contributed by atoms with E-state index in [1.54, 1.807) is 19.9 Å². The largest absolute Gasteiger partial charge is 0.488 e. The number of anilines is 1. The lowest BCUT2D eigenvalue weighted by Gasteiger charge is -2.19. The molecule has 1 saturated heterocycles. The summed E-state index contributed by atoms with van der Waals surface area (Å²) in [5.41, 5.74) is -0.950. The third-order valence-corrected chi connectivity index (χ3v) is 5.46. The number of fused-ring (bicyclic) bond motifs is 1. The molecular weight excluding hydrogens is 441 g/mol. The lowest BCUT2D eigenvalue weighted by Crippen LogP contribution is -2.15. The summed E-state index contributed by atoms with van der Waals surface area (Å²) in [5, 5.41) is 24.0. The van der Waals surface area contributed by atoms with Gasteiger partial charge in [-0.2, -0.15) is 18.3 Å². The van der Waals surface area contributed by atoms with Crippen molar-refractivity contribution >= 4 is 22.3 Å². The zero-order chi connectivity index (χ0) is 23.8. The lowest BCUT2D eigenvalue weighted by molar-refractivity contribution is -0.385. The normalized spacial score (nSPS) is 17.2. The molecule has 1 fully saturated rings. The molecular formula is C22H21F3N4O4. The molecule has 4 rings (SSSR count). The van der Waals surface area contributed by atoms with Gasteiger partial charge in [-0.1, -0.05) is 0 Å². The van der Waals surface area contributed by atoms with Gasteiger partial charge in [-0.15, -0.1) is 5.10 Å². The van der Waals surface area contributed by atoms with Gasteiger partial charge in [0.25, 0.3) is 5.69 Å². The molecule has 1 aliphatic rings. The fourth-order valence-corrected chi connectivity index (χ4v) is 3.69. The van der Waals surface area contributed by atoms with Gasteiger partial charge in [0, 0.05) is 29.3 Å². The number of halogens is 3. The van der Waals surface area contributed by atoms with Crippen molar-refractivity contribution in [3.8, 4) is 5.75 Å². The van der Waals surface area contributed by atoms with Crippen LogP contribution in [0.25, 0.3) is 10.8 Å². The number of non-ortho nitro benzene ring substituents is 1. The van der Waals surface area contributed by atoms with Crippen molar-refractivity contribution in [1.29, 1.82) is 0 Å². The summed E-state index contributed by atoms with van der Waals surface area (Å²) in [6.07, 6.45) is -3.99. The zero-order valence-electron chi connectivity index (χ0n) is 17.8. The van der Waals surface area contributed by atoms with Crippen LogP contribution in [0.3, 0.4) is 0 Å². The molecule has 0 saturated carbocycles. The van der Waals surface area contributed by atoms with E-state index in [1.165, 1.54) is 0 Å². The molecule has 0 amide bonds. The Morgan fingerprint density at radius 1 is 1.21 bits per heavy atom. The third kappa shape index (κ3) is 4.98. The summed E-state index contributed by atoms with van der Waals surface area (Å²) in [6, 6.07) is 7.26. The third-order valence-electron chi connectivity index (χ3n) is 5.46. The number of nitrogens with one attached hydrogen (secondary N) is 1. The van der Waals surface area contributed by atoms with E-state index in [2.05, 4.69) is 15.5 Å². The summed E-state index contributed by atoms with van der Waals surface area (Å²) < 4.78 is 51.1. The van der Waals surface area contributed by atoms with Gasteiger partial charge in [-0.05, 0) is 43.7 Å². The van der Waals surface area contributed by atoms with Crippen molar-refractivity contribution in [2.75, 3.05) is 18.5 Å². The van der Waals surface area contributed by atoms with Crippen LogP contribution in [-0.2, 0) is 10.9 Å². The van der Waals surface area contributed by atoms with E-state index >= 15 is 0 Å². The summed E-state index contributed by atoms with van der Waals surface area (Å²) >= 11 is 0. The van der Waals surface area contributed by atoms with E-state index in [1.807, 2.05) is 12.1 Å². The first kappa shape index (κ1) is 22.7. The van der Waals surface area contributed by atoms with Gasteiger partial charge in [0.15, 0.2) is 5.82 Å². The molecule has 3 aromatic rings. The van der Waals surface area contributed by atoms with Gasteiger partial charge in [-0.25, -0.2) is 0 Å². The van der Waals surface area contributed by atoms with E-state index < -0.39 is 28.4 Å². The number of hydrogen-bond donors (Lipinski definition) is 1. The molecule has 0 aliphatic carbocycles. The second-order valence-electron chi connectivity index (χ2n) is 7.88. The van der Waals surface area contributed by atoms with Gasteiger partial charge < -0.3 is 14.8 Å². The molecule has 11 heteroatoms. The van der Waals surface area contributed by atoms with Crippen molar-refractivity contribution in [1.82, 2.24) is 10.2 Å². The van der Waals surface area contributed by atoms with Crippen LogP contribution in [0.5, 0.6) is 5.75 Å². The molecule has 8 nitrogen and oxygen atoms in total. The summed E-state index contributed by atoms with van der Waals surface area (Å²) in [5.74, 6) is 0.937. The Kier molecular flexibility index (Phi) is 6.07. The van der Waals surface area contributed by atoms with Crippen LogP contribution in [-0.4, -0.2) is 34.4 Å². The number of ether oxygens (including phenoxy) is 2. The minimum Gasteiger partial charge on any atom is -0.488 e. The number of rotatable bonds is 6. The van der Waals surface area contributed by atoms with Crippen LogP contribution in [0, 0.1) is 17.0 Å². The fourth-order valence-electron chi connectivity index (χ4n) is 3.69. The Balaban J connectivity index is 1.68. The number of nitrogens with zero attached hydrogens (tertiary/aromatic N) is 3. The average molecular weight is 462 g/mol. The van der Waals surface area contributed by atoms with Crippen LogP contribution in [0.2, 0.25) is 0 Å². The Labute approximate surface area is 186 Å². The van der Waals surface area contributed by atoms with E-state index in [-0.39, 0.29) is 11.7 Å². The predicted molar refractivity (Wildman–Crippen MR) is 114 cm³/mol. The van der Waals surface area contributed by atoms with Gasteiger partial charge in [0.05, 0.1) is 35.4 Å². The number of nitro groups is 1. The second kappa shape index (κ2) is 8.81. The number of aryl methyl sites for hydroxylation is 1. The monoisotopic (exact) mass is 462 g/mol. The predicted octanol–water partition coefficient (Wildman–Crippen LogP) is 5.21. The molecule has 2 aromatic carbocycles. The summed E-state index contributed by atoms with van der Waals surface area (Å²) in [4.78, 5) is 10.3. The van der Waals surface area contributed by atoms with Crippen LogP contribution in [0.1, 0.15) is 36.2 Å². The number of hydrogen-bond acceptors (Lipinski definition) is 7. The first-order valence-electron chi connectivity index (χ1n) is 10.3. The van der Waals surface area contributed by atoms with E-state index in [9.17, 15) is 23.3 Å². The Bertz CT molecular complexity index is 1200. The highest BCUT2D eigenvalue weighted by Crippen LogP contribution is 2.35. The van der Waals surface area contributed by atoms with E-state index in [0.717, 1.165) is 23.9 Å². The van der Waals surface area contributed by atoms with E-state index in [4.69, 9.17) is 9.47 Å². The number of alkyl halides is 3. The Hall–Kier alpha value is -3.47. The molecule has 1 aliphatic heterocycles. The van der Waals surface area contributed by atoms with Crippen LogP contribution in [0.15, 0.2) is 36.4 Å². The second-order valence-corrected chi connectivity index (χ2v) is 7.88. The minimum atomic E-state index is -4.72. The molecule has 174 valence electrons. The van der Waals surface area contributed by atoms with Crippen molar-refractivity contribution in [3.63, 3.8) is 0 Å². The maximum absolute atomic E-state index is 13.3. The van der Waals surface area contributed by atoms with Crippen molar-refractivity contribution in [2.45, 2.75) is 38.6 Å². The van der Waals surface area contributed by atoms with Crippen molar-refractivity contribution in [3.05, 3.63) is 63.3 Å². The number of benzene rings is 2. The van der Waals surface area contributed by atoms with Gasteiger partial charge in [0.1, 0.15) is 11.9 Å². The number of nitro benzene ring substituents is 1. The maximum Gasteiger partial charge on any atom is 0.416 e. The highest BCUT2D eigenvalue weighted by atomic mass is 19.4. The summed E-state index contributed by atoms with van der Waals surface area (Å²) in [7, 11) is 0. The van der Waals surface area contributed by atoms with E-state index in [0.29, 0.717) is 41.9 Å². The van der Waals surface area contributed by atoms with Gasteiger partial charge in [0.2, 0.25) is 0 Å². The topological polar surface area (TPSA) is 99.4 Å². The first-order valence-corrected chi connectivity index (χ1v) is 10.3. The lowest BCUT2D eigenvalue weighted by atomic mass is 10.0. The SMILES string of the molecule is Cc1nnc(NC(C)c2cc([N+](=O)[O-])cc(C(F)(F)F)c2)c2cc(O[C@H]3CCOC3)ccc12. The van der Waals surface area contributed by atoms with Gasteiger partial charge in [-0.3, -0.25) is 10.1 Å². The maximum atomic E-state index is 13.3. The first-order chi connectivity index (χ1) is 15.6. The summed E-state index contributed by atoms with van der Waals surface area (Å²) in [6.45, 7) is 4.53. The van der Waals surface area contributed by atoms with Crippen LogP contribution in [0.4, 0.5) is 24.7 Å². The molecule has 2 atom stereocenters. The molecule has 33 heavy (non-hydrogen) atoms. The molecule has 0 spiro atoms. The molecule has 0 bridgehead atoms. The smallest absolute Gasteiger partial charge is 0.416 e. The molecule has 1 N–H and O–H groups in total. The van der Waals surface area contributed by atoms with Crippen molar-refractivity contribution < 1.29 is 27.6 Å². The highest BCUT2D eigenvalue weighted by molar-refractivity contribution is 5.94. The van der Waals surface area contributed by atoms with Crippen LogP contribution < -0.4 is 10.1 Å². The molecule has 2 heterocycles. The fraction of sp³-hybridized carbons (Fsp3) is 0.364. The molecule has 0 radical (unpaired) electrons. The standard InChI is InChI=1S/C22H21F3N4O4/c1-12(14-7-15(22(23,24)25)9-16(8-14)29(30)31)26-21-20-10-17(33-18-5-6-32-11-18)3-4-19(20)13(2)27-28-21/h3-4,7-10,12,18H,5-6,11H2,1-2H3,(H,26,28)/t12?,18-/m0/s1. The zero-order valence-corrected chi connectivity index (χ0v) is 17.8. The Morgan fingerprint density at radius 2 is 2.00 bits per heavy atom. The van der Waals surface area contributed by atoms with Gasteiger partial charge >= 0.3 is 6.18 Å². The molecule has 1 unspecified atom stereocenters. The average Bonchev–Trinajstić information content (AvgIpc) is 3.27. The van der Waals surface area contributed by atoms with Crippen LogP contribution >= 0.6 is 0 Å². The number of aromatic nitrogens is 2. The minimum absolute atomic E-state index is 0.0562. The van der Waals surface area contributed by atoms with Crippen molar-refractivity contribution in [2.24, 2.45) is 0 Å². The Morgan fingerprint density at radius 3 is 2.67 bits per heavy atom. The molecule has 1 aromatic heterocycles.